The van der Waals surface area contributed by atoms with Crippen LogP contribution in [0.2, 0.25) is 0 Å². The van der Waals surface area contributed by atoms with Crippen LogP contribution in [0.5, 0.6) is 5.88 Å². The van der Waals surface area contributed by atoms with Crippen molar-refractivity contribution in [2.75, 3.05) is 14.2 Å². The van der Waals surface area contributed by atoms with Crippen LogP contribution in [0, 0.1) is 6.92 Å². The maximum absolute atomic E-state index is 12.9. The highest BCUT2D eigenvalue weighted by Gasteiger charge is 2.19. The number of carbonyl (C=O) groups is 1. The molecule has 0 aliphatic heterocycles. The van der Waals surface area contributed by atoms with Gasteiger partial charge in [0.05, 0.1) is 7.11 Å². The number of hydrogen-bond donors (Lipinski definition) is 0. The number of ether oxygens (including phenoxy) is 1. The summed E-state index contributed by atoms with van der Waals surface area (Å²) in [5.74, 6) is 0.428. The molecule has 6 nitrogen and oxygen atoms in total. The van der Waals surface area contributed by atoms with E-state index < -0.39 is 0 Å². The Morgan fingerprint density at radius 3 is 2.46 bits per heavy atom. The average Bonchev–Trinajstić information content (AvgIpc) is 2.74. The number of methoxy groups -OCH3 is 1. The van der Waals surface area contributed by atoms with E-state index in [9.17, 15) is 4.79 Å². The summed E-state index contributed by atoms with van der Waals surface area (Å²) in [6, 6.07) is 11.3. The van der Waals surface area contributed by atoms with E-state index in [4.69, 9.17) is 4.74 Å². The minimum atomic E-state index is -0.0289. The number of rotatable bonds is 6. The fraction of sp³-hybridized carbons (Fsp3) is 0.273. The maximum Gasteiger partial charge on any atom is 0.253 e. The van der Waals surface area contributed by atoms with Crippen molar-refractivity contribution in [3.05, 3.63) is 71.8 Å². The summed E-state index contributed by atoms with van der Waals surface area (Å²) < 4.78 is 5.26. The van der Waals surface area contributed by atoms with Crippen molar-refractivity contribution < 1.29 is 9.53 Å². The number of benzene rings is 1. The first-order chi connectivity index (χ1) is 13.5. The molecule has 6 heteroatoms. The standard InChI is InChI=1S/C22H24N4O2/c1-15-6-5-11-23-19(15)14-16(2)26(3)22(27)18-9-7-17(8-10-18)20-21(28-4)25-13-12-24-20/h5-13,16H,14H2,1-4H3/t16-/m0/s1. The van der Waals surface area contributed by atoms with Crippen molar-refractivity contribution in [1.29, 1.82) is 0 Å². The Hall–Kier alpha value is -3.28. The molecule has 2 heterocycles. The predicted octanol–water partition coefficient (Wildman–Crippen LogP) is 3.56. The fourth-order valence-electron chi connectivity index (χ4n) is 3.00. The molecule has 28 heavy (non-hydrogen) atoms. The zero-order valence-electron chi connectivity index (χ0n) is 16.6. The van der Waals surface area contributed by atoms with E-state index in [-0.39, 0.29) is 11.9 Å². The molecule has 0 bridgehead atoms. The van der Waals surface area contributed by atoms with Gasteiger partial charge in [-0.05, 0) is 37.6 Å². The highest BCUT2D eigenvalue weighted by atomic mass is 16.5. The molecule has 0 N–H and O–H groups in total. The third-order valence-corrected chi connectivity index (χ3v) is 4.85. The normalized spacial score (nSPS) is 11.7. The van der Waals surface area contributed by atoms with E-state index in [1.165, 1.54) is 0 Å². The molecule has 1 aromatic carbocycles. The molecule has 0 fully saturated rings. The number of amides is 1. The Labute approximate surface area is 165 Å². The van der Waals surface area contributed by atoms with E-state index in [0.29, 0.717) is 23.6 Å². The minimum Gasteiger partial charge on any atom is -0.479 e. The van der Waals surface area contributed by atoms with Crippen LogP contribution in [0.1, 0.15) is 28.5 Å². The van der Waals surface area contributed by atoms with E-state index in [2.05, 4.69) is 15.0 Å². The monoisotopic (exact) mass is 376 g/mol. The zero-order valence-corrected chi connectivity index (χ0v) is 16.6. The molecule has 3 rings (SSSR count). The molecular formula is C22H24N4O2. The summed E-state index contributed by atoms with van der Waals surface area (Å²) >= 11 is 0. The molecular weight excluding hydrogens is 352 g/mol. The lowest BCUT2D eigenvalue weighted by Crippen LogP contribution is -2.36. The van der Waals surface area contributed by atoms with Gasteiger partial charge in [0.15, 0.2) is 0 Å². The van der Waals surface area contributed by atoms with Crippen LogP contribution in [-0.4, -0.2) is 46.0 Å². The first kappa shape index (κ1) is 19.5. The highest BCUT2D eigenvalue weighted by Crippen LogP contribution is 2.25. The number of aromatic nitrogens is 3. The Balaban J connectivity index is 1.74. The second-order valence-electron chi connectivity index (χ2n) is 6.73. The summed E-state index contributed by atoms with van der Waals surface area (Å²) in [7, 11) is 3.38. The summed E-state index contributed by atoms with van der Waals surface area (Å²) in [5.41, 5.74) is 4.27. The van der Waals surface area contributed by atoms with Gasteiger partial charge >= 0.3 is 0 Å². The van der Waals surface area contributed by atoms with Crippen molar-refractivity contribution in [3.8, 4) is 17.1 Å². The third-order valence-electron chi connectivity index (χ3n) is 4.85. The van der Waals surface area contributed by atoms with Gasteiger partial charge in [-0.15, -0.1) is 0 Å². The number of aryl methyl sites for hydroxylation is 1. The van der Waals surface area contributed by atoms with Gasteiger partial charge in [0, 0.05) is 54.9 Å². The molecule has 144 valence electrons. The SMILES string of the molecule is COc1nccnc1-c1ccc(C(=O)N(C)[C@@H](C)Cc2ncccc2C)cc1. The lowest BCUT2D eigenvalue weighted by atomic mass is 10.0. The van der Waals surface area contributed by atoms with E-state index in [0.717, 1.165) is 16.8 Å². The van der Waals surface area contributed by atoms with Gasteiger partial charge in [-0.1, -0.05) is 18.2 Å². The summed E-state index contributed by atoms with van der Waals surface area (Å²) in [6.07, 6.45) is 5.70. The lowest BCUT2D eigenvalue weighted by Gasteiger charge is -2.25. The summed E-state index contributed by atoms with van der Waals surface area (Å²) in [5, 5.41) is 0. The van der Waals surface area contributed by atoms with E-state index in [1.807, 2.05) is 45.2 Å². The van der Waals surface area contributed by atoms with Crippen LogP contribution in [-0.2, 0) is 6.42 Å². The van der Waals surface area contributed by atoms with Gasteiger partial charge in [0.25, 0.3) is 5.91 Å². The van der Waals surface area contributed by atoms with Gasteiger partial charge in [-0.25, -0.2) is 9.97 Å². The Morgan fingerprint density at radius 2 is 1.79 bits per heavy atom. The molecule has 3 aromatic rings. The van der Waals surface area contributed by atoms with Gasteiger partial charge < -0.3 is 9.64 Å². The Kier molecular flexibility index (Phi) is 5.99. The van der Waals surface area contributed by atoms with Crippen molar-refractivity contribution in [2.24, 2.45) is 0 Å². The number of pyridine rings is 1. The van der Waals surface area contributed by atoms with Gasteiger partial charge in [-0.3, -0.25) is 9.78 Å². The summed E-state index contributed by atoms with van der Waals surface area (Å²) in [4.78, 5) is 27.6. The van der Waals surface area contributed by atoms with Gasteiger partial charge in [0.1, 0.15) is 5.69 Å². The minimum absolute atomic E-state index is 0.0286. The van der Waals surface area contributed by atoms with Crippen molar-refractivity contribution in [1.82, 2.24) is 19.9 Å². The highest BCUT2D eigenvalue weighted by molar-refractivity contribution is 5.94. The van der Waals surface area contributed by atoms with Crippen molar-refractivity contribution in [2.45, 2.75) is 26.3 Å². The summed E-state index contributed by atoms with van der Waals surface area (Å²) in [6.45, 7) is 4.07. The second-order valence-corrected chi connectivity index (χ2v) is 6.73. The van der Waals surface area contributed by atoms with Crippen LogP contribution < -0.4 is 4.74 Å². The van der Waals surface area contributed by atoms with Crippen LogP contribution in [0.3, 0.4) is 0 Å². The largest absolute Gasteiger partial charge is 0.479 e. The number of likely N-dealkylation sites (N-methyl/N-ethyl adjacent to an activating group) is 1. The lowest BCUT2D eigenvalue weighted by molar-refractivity contribution is 0.0743. The van der Waals surface area contributed by atoms with Crippen LogP contribution in [0.4, 0.5) is 0 Å². The number of nitrogens with zero attached hydrogens (tertiary/aromatic N) is 4. The zero-order chi connectivity index (χ0) is 20.1. The third kappa shape index (κ3) is 4.17. The number of hydrogen-bond acceptors (Lipinski definition) is 5. The van der Waals surface area contributed by atoms with E-state index >= 15 is 0 Å². The van der Waals surface area contributed by atoms with Crippen molar-refractivity contribution >= 4 is 5.91 Å². The number of carbonyl (C=O) groups excluding carboxylic acids is 1. The Morgan fingerprint density at radius 1 is 1.07 bits per heavy atom. The average molecular weight is 376 g/mol. The van der Waals surface area contributed by atoms with E-state index in [1.54, 1.807) is 42.7 Å². The van der Waals surface area contributed by atoms with Crippen LogP contribution in [0.25, 0.3) is 11.3 Å². The molecule has 1 amide bonds. The fourth-order valence-corrected chi connectivity index (χ4v) is 3.00. The second kappa shape index (κ2) is 8.61. The predicted molar refractivity (Wildman–Crippen MR) is 108 cm³/mol. The molecule has 0 unspecified atom stereocenters. The van der Waals surface area contributed by atoms with Gasteiger partial charge in [0.2, 0.25) is 5.88 Å². The molecule has 0 spiro atoms. The van der Waals surface area contributed by atoms with Gasteiger partial charge in [-0.2, -0.15) is 0 Å². The molecule has 0 radical (unpaired) electrons. The first-order valence-corrected chi connectivity index (χ1v) is 9.14. The molecule has 1 atom stereocenters. The Bertz CT molecular complexity index is 957. The molecule has 0 saturated carbocycles. The molecule has 0 saturated heterocycles. The van der Waals surface area contributed by atoms with Crippen LogP contribution >= 0.6 is 0 Å². The van der Waals surface area contributed by atoms with Crippen molar-refractivity contribution in [3.63, 3.8) is 0 Å². The maximum atomic E-state index is 12.9. The first-order valence-electron chi connectivity index (χ1n) is 9.14. The quantitative estimate of drug-likeness (QED) is 0.658. The molecule has 0 aliphatic carbocycles. The molecule has 0 aliphatic rings. The molecule has 2 aromatic heterocycles. The smallest absolute Gasteiger partial charge is 0.253 e. The topological polar surface area (TPSA) is 68.2 Å². The van der Waals surface area contributed by atoms with Crippen LogP contribution in [0.15, 0.2) is 55.0 Å².